The Morgan fingerprint density at radius 1 is 1.15 bits per heavy atom. The monoisotopic (exact) mass is 376 g/mol. The molecule has 0 amide bonds. The minimum Gasteiger partial charge on any atom is -0.381 e. The van der Waals surface area contributed by atoms with E-state index in [4.69, 9.17) is 4.74 Å². The molecule has 1 aliphatic heterocycles. The van der Waals surface area contributed by atoms with Gasteiger partial charge in [-0.15, -0.1) is 4.68 Å². The lowest BCUT2D eigenvalue weighted by atomic mass is 9.83. The summed E-state index contributed by atoms with van der Waals surface area (Å²) in [6.07, 6.45) is -1.91. The van der Waals surface area contributed by atoms with Gasteiger partial charge >= 0.3 is 17.9 Å². The zero-order valence-electron chi connectivity index (χ0n) is 14.5. The van der Waals surface area contributed by atoms with Gasteiger partial charge in [0.05, 0.1) is 12.2 Å². The van der Waals surface area contributed by atoms with Gasteiger partial charge in [-0.1, -0.05) is 5.10 Å². The maximum absolute atomic E-state index is 13.8. The van der Waals surface area contributed by atoms with E-state index in [-0.39, 0.29) is 17.8 Å². The van der Waals surface area contributed by atoms with Gasteiger partial charge in [-0.05, 0) is 38.8 Å². The normalized spacial score (nSPS) is 25.3. The summed E-state index contributed by atoms with van der Waals surface area (Å²) in [6, 6.07) is 3.52. The standard InChI is InChI=1S/C17H19F5N3O/c1-10-4-5-11(2)25(10)15-8-14(16(18,19)17(20,21)22)23-24(15)9-12-6-13(7-12)26-3/h4-5,8-9,12-13H,6-7H2,1-3H3/q+1/b24-9+. The van der Waals surface area contributed by atoms with E-state index in [9.17, 15) is 22.0 Å². The molecule has 1 aromatic rings. The fraction of sp³-hybridized carbons (Fsp3) is 0.529. The van der Waals surface area contributed by atoms with Crippen LogP contribution in [0.2, 0.25) is 0 Å². The predicted octanol–water partition coefficient (Wildman–Crippen LogP) is 3.98. The van der Waals surface area contributed by atoms with E-state index in [1.807, 2.05) is 0 Å². The molecule has 0 unspecified atom stereocenters. The summed E-state index contributed by atoms with van der Waals surface area (Å²) in [5, 5.41) is 3.59. The second kappa shape index (κ2) is 6.29. The second-order valence-corrected chi connectivity index (χ2v) is 6.59. The van der Waals surface area contributed by atoms with Gasteiger partial charge in [-0.2, -0.15) is 26.5 Å². The second-order valence-electron chi connectivity index (χ2n) is 6.59. The van der Waals surface area contributed by atoms with Crippen LogP contribution >= 0.6 is 0 Å². The maximum atomic E-state index is 13.8. The number of ether oxygens (including phenoxy) is 1. The molecule has 0 radical (unpaired) electrons. The maximum Gasteiger partial charge on any atom is 0.459 e. The number of allylic oxidation sites excluding steroid dienone is 1. The first-order chi connectivity index (χ1) is 12.0. The van der Waals surface area contributed by atoms with Gasteiger partial charge in [0, 0.05) is 13.0 Å². The minimum atomic E-state index is -5.71. The van der Waals surface area contributed by atoms with E-state index < -0.39 is 17.8 Å². The van der Waals surface area contributed by atoms with Crippen LogP contribution < -0.4 is 0 Å². The highest BCUT2D eigenvalue weighted by atomic mass is 19.4. The molecular weight excluding hydrogens is 357 g/mol. The minimum absolute atomic E-state index is 0.00198. The number of hydrogen-bond acceptors (Lipinski definition) is 2. The van der Waals surface area contributed by atoms with E-state index >= 15 is 0 Å². The summed E-state index contributed by atoms with van der Waals surface area (Å²) in [6.45, 7) is 3.49. The summed E-state index contributed by atoms with van der Waals surface area (Å²) >= 11 is 0. The molecule has 0 saturated heterocycles. The highest BCUT2D eigenvalue weighted by Crippen LogP contribution is 2.39. The van der Waals surface area contributed by atoms with Gasteiger partial charge < -0.3 is 4.74 Å². The lowest BCUT2D eigenvalue weighted by Gasteiger charge is -2.30. The SMILES string of the molecule is COC1CC(/C=[N+]2/N=C(C(F)(F)C(F)(F)F)C=C2n2c(C)ccc2C)C1. The predicted molar refractivity (Wildman–Crippen MR) is 86.5 cm³/mol. The number of aryl methyl sites for hydroxylation is 2. The van der Waals surface area contributed by atoms with Crippen molar-refractivity contribution >= 4 is 17.7 Å². The zero-order chi connectivity index (χ0) is 19.3. The van der Waals surface area contributed by atoms with Crippen LogP contribution in [0.1, 0.15) is 24.2 Å². The van der Waals surface area contributed by atoms with Crippen molar-refractivity contribution in [3.05, 3.63) is 29.6 Å². The van der Waals surface area contributed by atoms with Crippen molar-refractivity contribution in [3.63, 3.8) is 0 Å². The number of halogens is 5. The molecule has 4 nitrogen and oxygen atoms in total. The molecule has 0 atom stereocenters. The van der Waals surface area contributed by atoms with Crippen LogP contribution in [0.25, 0.3) is 5.82 Å². The molecule has 1 fully saturated rings. The Labute approximate surface area is 147 Å². The Kier molecular flexibility index (Phi) is 4.54. The number of aromatic nitrogens is 1. The lowest BCUT2D eigenvalue weighted by molar-refractivity contribution is -0.439. The van der Waals surface area contributed by atoms with Crippen LogP contribution in [0, 0.1) is 19.8 Å². The van der Waals surface area contributed by atoms with Crippen molar-refractivity contribution in [2.45, 2.75) is 44.9 Å². The number of nitrogens with zero attached hydrogens (tertiary/aromatic N) is 3. The molecule has 2 aliphatic rings. The summed E-state index contributed by atoms with van der Waals surface area (Å²) in [5.74, 6) is -4.86. The lowest BCUT2D eigenvalue weighted by Crippen LogP contribution is -2.43. The van der Waals surface area contributed by atoms with Crippen molar-refractivity contribution in [1.82, 2.24) is 4.57 Å². The van der Waals surface area contributed by atoms with Crippen molar-refractivity contribution < 1.29 is 31.4 Å². The number of rotatable bonds is 4. The topological polar surface area (TPSA) is 29.5 Å². The molecule has 9 heteroatoms. The first kappa shape index (κ1) is 18.8. The average molecular weight is 376 g/mol. The fourth-order valence-electron chi connectivity index (χ4n) is 3.11. The Bertz CT molecular complexity index is 778. The smallest absolute Gasteiger partial charge is 0.381 e. The van der Waals surface area contributed by atoms with Crippen LogP contribution in [0.5, 0.6) is 0 Å². The molecule has 0 bridgehead atoms. The Morgan fingerprint density at radius 3 is 2.23 bits per heavy atom. The number of alkyl halides is 5. The van der Waals surface area contributed by atoms with Gasteiger partial charge in [-0.25, -0.2) is 0 Å². The highest BCUT2D eigenvalue weighted by Gasteiger charge is 2.62. The molecule has 1 aromatic heterocycles. The quantitative estimate of drug-likeness (QED) is 0.577. The van der Waals surface area contributed by atoms with Gasteiger partial charge in [0.1, 0.15) is 17.6 Å². The van der Waals surface area contributed by atoms with E-state index in [1.54, 1.807) is 43.9 Å². The summed E-state index contributed by atoms with van der Waals surface area (Å²) in [7, 11) is 1.58. The molecule has 1 aliphatic carbocycles. The third-order valence-electron chi connectivity index (χ3n) is 4.71. The van der Waals surface area contributed by atoms with Crippen LogP contribution in [0.15, 0.2) is 23.3 Å². The first-order valence-corrected chi connectivity index (χ1v) is 8.12. The van der Waals surface area contributed by atoms with Gasteiger partial charge in [-0.3, -0.25) is 0 Å². The molecule has 0 spiro atoms. The van der Waals surface area contributed by atoms with Crippen molar-refractivity contribution in [3.8, 4) is 0 Å². The van der Waals surface area contributed by atoms with Gasteiger partial charge in [0.15, 0.2) is 5.71 Å². The first-order valence-electron chi connectivity index (χ1n) is 8.12. The molecule has 142 valence electrons. The van der Waals surface area contributed by atoms with Crippen LogP contribution in [-0.2, 0) is 4.74 Å². The van der Waals surface area contributed by atoms with Crippen molar-refractivity contribution in [1.29, 1.82) is 0 Å². The number of hydrazone groups is 1. The summed E-state index contributed by atoms with van der Waals surface area (Å²) in [4.78, 5) is 0. The third-order valence-corrected chi connectivity index (χ3v) is 4.71. The highest BCUT2D eigenvalue weighted by molar-refractivity contribution is 6.05. The molecule has 2 heterocycles. The Balaban J connectivity index is 2.02. The largest absolute Gasteiger partial charge is 0.459 e. The third kappa shape index (κ3) is 3.08. The summed E-state index contributed by atoms with van der Waals surface area (Å²) in [5.41, 5.74) is 0.107. The van der Waals surface area contributed by atoms with E-state index in [2.05, 4.69) is 5.10 Å². The van der Waals surface area contributed by atoms with E-state index in [0.717, 1.165) is 10.8 Å². The molecule has 1 saturated carbocycles. The van der Waals surface area contributed by atoms with Crippen LogP contribution in [-0.4, -0.2) is 46.5 Å². The molecular formula is C17H19F5N3O+. The molecule has 26 heavy (non-hydrogen) atoms. The number of hydrogen-bond donors (Lipinski definition) is 0. The molecule has 0 N–H and O–H groups in total. The van der Waals surface area contributed by atoms with Gasteiger partial charge in [0.2, 0.25) is 0 Å². The average Bonchev–Trinajstić information content (AvgIpc) is 3.05. The van der Waals surface area contributed by atoms with Gasteiger partial charge in [0.25, 0.3) is 0 Å². The van der Waals surface area contributed by atoms with Crippen molar-refractivity contribution in [2.24, 2.45) is 11.0 Å². The summed E-state index contributed by atoms with van der Waals surface area (Å²) < 4.78 is 73.8. The van der Waals surface area contributed by atoms with Crippen molar-refractivity contribution in [2.75, 3.05) is 7.11 Å². The fourth-order valence-corrected chi connectivity index (χ4v) is 3.11. The molecule has 3 rings (SSSR count). The number of methoxy groups -OCH3 is 1. The molecule has 0 aromatic carbocycles. The van der Waals surface area contributed by atoms with Crippen LogP contribution in [0.3, 0.4) is 0 Å². The Hall–Kier alpha value is -2.03. The zero-order valence-corrected chi connectivity index (χ0v) is 14.5. The van der Waals surface area contributed by atoms with E-state index in [0.29, 0.717) is 24.2 Å². The van der Waals surface area contributed by atoms with Crippen LogP contribution in [0.4, 0.5) is 22.0 Å². The van der Waals surface area contributed by atoms with E-state index in [1.165, 1.54) is 0 Å². The Morgan fingerprint density at radius 2 is 1.73 bits per heavy atom.